The van der Waals surface area contributed by atoms with Crippen LogP contribution in [-0.2, 0) is 9.53 Å². The van der Waals surface area contributed by atoms with Gasteiger partial charge in [0.05, 0.1) is 13.2 Å². The summed E-state index contributed by atoms with van der Waals surface area (Å²) in [6.45, 7) is 1.56. The van der Waals surface area contributed by atoms with Crippen LogP contribution in [0.1, 0.15) is 6.92 Å². The summed E-state index contributed by atoms with van der Waals surface area (Å²) in [6.07, 6.45) is 0.0336. The maximum Gasteiger partial charge on any atom is 0.407 e. The Hall–Kier alpha value is -1.10. The molecule has 0 aliphatic heterocycles. The van der Waals surface area contributed by atoms with E-state index in [-0.39, 0.29) is 0 Å². The molecule has 0 aromatic heterocycles. The van der Waals surface area contributed by atoms with E-state index in [4.69, 9.17) is 5.11 Å². The van der Waals surface area contributed by atoms with Crippen molar-refractivity contribution in [1.82, 2.24) is 5.32 Å². The molecule has 0 aliphatic carbocycles. The van der Waals surface area contributed by atoms with Crippen molar-refractivity contribution >= 4 is 12.4 Å². The van der Waals surface area contributed by atoms with Gasteiger partial charge in [0.15, 0.2) is 0 Å². The monoisotopic (exact) mass is 163 g/mol. The number of hydrogen-bond acceptors (Lipinski definition) is 4. The molecule has 0 fully saturated rings. The summed E-state index contributed by atoms with van der Waals surface area (Å²) in [5.74, 6) is 0. The summed E-state index contributed by atoms with van der Waals surface area (Å²) in [6, 6.07) is -0.475. The second-order valence-corrected chi connectivity index (χ2v) is 1.56. The Kier molecular flexibility index (Phi) is 10.2. The molecule has 5 heteroatoms. The molecule has 0 radical (unpaired) electrons. The Morgan fingerprint density at radius 2 is 2.09 bits per heavy atom. The molecule has 0 aliphatic rings. The van der Waals surface area contributed by atoms with Crippen LogP contribution in [0.15, 0.2) is 0 Å². The van der Waals surface area contributed by atoms with Crippen LogP contribution in [0.3, 0.4) is 0 Å². The standard InChI is InChI=1S/C5H9NO3.CH4O/c1-4(3-7)6-5(8)9-2;1-2/h3-4H,1-2H3,(H,6,8);2H,1H3. The lowest BCUT2D eigenvalue weighted by Gasteiger charge is -2.03. The van der Waals surface area contributed by atoms with Crippen molar-refractivity contribution in [2.45, 2.75) is 13.0 Å². The maximum atomic E-state index is 10.3. The molecule has 1 unspecified atom stereocenters. The van der Waals surface area contributed by atoms with Crippen LogP contribution in [-0.4, -0.2) is 37.7 Å². The minimum Gasteiger partial charge on any atom is -0.453 e. The van der Waals surface area contributed by atoms with E-state index in [1.807, 2.05) is 0 Å². The zero-order chi connectivity index (χ0) is 9.28. The van der Waals surface area contributed by atoms with E-state index >= 15 is 0 Å². The van der Waals surface area contributed by atoms with Crippen LogP contribution in [0.5, 0.6) is 0 Å². The zero-order valence-corrected chi connectivity index (χ0v) is 6.83. The third-order valence-corrected chi connectivity index (χ3v) is 0.735. The summed E-state index contributed by atoms with van der Waals surface area (Å²) < 4.78 is 4.21. The van der Waals surface area contributed by atoms with E-state index in [0.29, 0.717) is 6.29 Å². The average Bonchev–Trinajstić information content (AvgIpc) is 2.07. The van der Waals surface area contributed by atoms with Gasteiger partial charge in [0, 0.05) is 7.11 Å². The predicted octanol–water partition coefficient (Wildman–Crippen LogP) is -0.462. The highest BCUT2D eigenvalue weighted by molar-refractivity contribution is 5.72. The van der Waals surface area contributed by atoms with Gasteiger partial charge in [-0.05, 0) is 6.92 Å². The Labute approximate surface area is 65.4 Å². The van der Waals surface area contributed by atoms with Gasteiger partial charge in [0.2, 0.25) is 0 Å². The Morgan fingerprint density at radius 1 is 1.64 bits per heavy atom. The topological polar surface area (TPSA) is 75.6 Å². The Balaban J connectivity index is 0. The fourth-order valence-electron chi connectivity index (χ4n) is 0.279. The largest absolute Gasteiger partial charge is 0.453 e. The number of carbonyl (C=O) groups is 2. The second kappa shape index (κ2) is 8.90. The van der Waals surface area contributed by atoms with Crippen molar-refractivity contribution in [3.63, 3.8) is 0 Å². The lowest BCUT2D eigenvalue weighted by atomic mass is 10.4. The molecule has 66 valence electrons. The highest BCUT2D eigenvalue weighted by atomic mass is 16.5. The third kappa shape index (κ3) is 8.90. The van der Waals surface area contributed by atoms with Crippen molar-refractivity contribution in [3.8, 4) is 0 Å². The molecular formula is C6H13NO4. The highest BCUT2D eigenvalue weighted by Gasteiger charge is 2.02. The smallest absolute Gasteiger partial charge is 0.407 e. The predicted molar refractivity (Wildman–Crippen MR) is 39.2 cm³/mol. The lowest BCUT2D eigenvalue weighted by Crippen LogP contribution is -2.33. The second-order valence-electron chi connectivity index (χ2n) is 1.56. The molecule has 1 atom stereocenters. The number of ether oxygens (including phenoxy) is 1. The van der Waals surface area contributed by atoms with Gasteiger partial charge in [-0.15, -0.1) is 0 Å². The fraction of sp³-hybridized carbons (Fsp3) is 0.667. The molecule has 11 heavy (non-hydrogen) atoms. The maximum absolute atomic E-state index is 10.3. The van der Waals surface area contributed by atoms with E-state index in [9.17, 15) is 9.59 Å². The number of aldehydes is 1. The average molecular weight is 163 g/mol. The van der Waals surface area contributed by atoms with E-state index < -0.39 is 12.1 Å². The number of rotatable bonds is 2. The molecule has 1 amide bonds. The first-order valence-corrected chi connectivity index (χ1v) is 2.95. The number of nitrogens with one attached hydrogen (secondary N) is 1. The molecular weight excluding hydrogens is 150 g/mol. The molecule has 0 saturated heterocycles. The van der Waals surface area contributed by atoms with Crippen molar-refractivity contribution in [2.24, 2.45) is 0 Å². The molecule has 0 saturated carbocycles. The molecule has 5 nitrogen and oxygen atoms in total. The summed E-state index contributed by atoms with van der Waals surface area (Å²) in [5.41, 5.74) is 0. The number of aliphatic hydroxyl groups is 1. The summed E-state index contributed by atoms with van der Waals surface area (Å²) in [5, 5.41) is 9.25. The van der Waals surface area contributed by atoms with E-state index in [2.05, 4.69) is 10.1 Å². The van der Waals surface area contributed by atoms with E-state index in [1.54, 1.807) is 6.92 Å². The normalized spacial score (nSPS) is 10.2. The number of alkyl carbamates (subject to hydrolysis) is 1. The van der Waals surface area contributed by atoms with Gasteiger partial charge in [0.1, 0.15) is 6.29 Å². The van der Waals surface area contributed by atoms with Crippen molar-refractivity contribution < 1.29 is 19.4 Å². The molecule has 0 spiro atoms. The first kappa shape index (κ1) is 12.6. The molecule has 0 bridgehead atoms. The number of amides is 1. The quantitative estimate of drug-likeness (QED) is 0.540. The Bertz CT molecular complexity index is 115. The number of methoxy groups -OCH3 is 1. The van der Waals surface area contributed by atoms with Crippen LogP contribution in [0.2, 0.25) is 0 Å². The van der Waals surface area contributed by atoms with Gasteiger partial charge in [-0.25, -0.2) is 4.79 Å². The van der Waals surface area contributed by atoms with Crippen molar-refractivity contribution in [2.75, 3.05) is 14.2 Å². The summed E-state index contributed by atoms with van der Waals surface area (Å²) in [4.78, 5) is 20.2. The Morgan fingerprint density at radius 3 is 2.36 bits per heavy atom. The molecule has 0 aromatic carbocycles. The highest BCUT2D eigenvalue weighted by Crippen LogP contribution is 1.75. The third-order valence-electron chi connectivity index (χ3n) is 0.735. The zero-order valence-electron chi connectivity index (χ0n) is 6.83. The van der Waals surface area contributed by atoms with E-state index in [0.717, 1.165) is 7.11 Å². The number of hydrogen-bond donors (Lipinski definition) is 2. The van der Waals surface area contributed by atoms with Crippen LogP contribution in [0.4, 0.5) is 4.79 Å². The summed E-state index contributed by atoms with van der Waals surface area (Å²) in [7, 11) is 2.24. The molecule has 0 heterocycles. The van der Waals surface area contributed by atoms with Gasteiger partial charge in [-0.2, -0.15) is 0 Å². The van der Waals surface area contributed by atoms with Crippen LogP contribution < -0.4 is 5.32 Å². The molecule has 2 N–H and O–H groups in total. The van der Waals surface area contributed by atoms with Crippen LogP contribution in [0, 0.1) is 0 Å². The number of carbonyl (C=O) groups excluding carboxylic acids is 2. The number of aliphatic hydroxyl groups excluding tert-OH is 1. The lowest BCUT2D eigenvalue weighted by molar-refractivity contribution is -0.109. The van der Waals surface area contributed by atoms with Gasteiger partial charge in [-0.1, -0.05) is 0 Å². The van der Waals surface area contributed by atoms with Crippen LogP contribution >= 0.6 is 0 Å². The molecule has 0 aromatic rings. The first-order chi connectivity index (χ1) is 5.20. The SMILES string of the molecule is CO.COC(=O)NC(C)C=O. The minimum atomic E-state index is -0.588. The van der Waals surface area contributed by atoms with Crippen molar-refractivity contribution in [3.05, 3.63) is 0 Å². The van der Waals surface area contributed by atoms with Gasteiger partial charge in [0.25, 0.3) is 0 Å². The van der Waals surface area contributed by atoms with E-state index in [1.165, 1.54) is 7.11 Å². The molecule has 0 rings (SSSR count). The van der Waals surface area contributed by atoms with Gasteiger partial charge >= 0.3 is 6.09 Å². The minimum absolute atomic E-state index is 0.475. The van der Waals surface area contributed by atoms with Crippen molar-refractivity contribution in [1.29, 1.82) is 0 Å². The first-order valence-electron chi connectivity index (χ1n) is 2.95. The van der Waals surface area contributed by atoms with Crippen LogP contribution in [0.25, 0.3) is 0 Å². The van der Waals surface area contributed by atoms with Gasteiger partial charge < -0.3 is 20.0 Å². The van der Waals surface area contributed by atoms with Gasteiger partial charge in [-0.3, -0.25) is 0 Å². The summed E-state index contributed by atoms with van der Waals surface area (Å²) >= 11 is 0. The fourth-order valence-corrected chi connectivity index (χ4v) is 0.279.